The highest BCUT2D eigenvalue weighted by Crippen LogP contribution is 2.38. The fourth-order valence-corrected chi connectivity index (χ4v) is 4.82. The summed E-state index contributed by atoms with van der Waals surface area (Å²) in [7, 11) is 3.85. The molecule has 1 spiro atoms. The molecule has 154 valence electrons. The third-order valence-corrected chi connectivity index (χ3v) is 6.76. The van der Waals surface area contributed by atoms with Crippen molar-refractivity contribution in [3.63, 3.8) is 0 Å². The van der Waals surface area contributed by atoms with Crippen LogP contribution in [0.5, 0.6) is 5.75 Å². The minimum atomic E-state index is -0.0131. The smallest absolute Gasteiger partial charge is 0.226 e. The Labute approximate surface area is 168 Å². The molecule has 1 aromatic carbocycles. The Morgan fingerprint density at radius 1 is 1.18 bits per heavy atom. The zero-order valence-electron chi connectivity index (χ0n) is 17.2. The van der Waals surface area contributed by atoms with Crippen LogP contribution in [0.15, 0.2) is 24.3 Å². The van der Waals surface area contributed by atoms with Crippen LogP contribution < -0.4 is 4.74 Å². The van der Waals surface area contributed by atoms with Gasteiger partial charge in [0, 0.05) is 45.3 Å². The molecular weight excluding hydrogens is 354 g/mol. The van der Waals surface area contributed by atoms with Gasteiger partial charge in [-0.15, -0.1) is 0 Å². The first-order valence-electron chi connectivity index (χ1n) is 10.5. The van der Waals surface area contributed by atoms with Crippen molar-refractivity contribution in [2.24, 2.45) is 0 Å². The molecule has 3 heterocycles. The molecular formula is C22H33N3O3. The summed E-state index contributed by atoms with van der Waals surface area (Å²) >= 11 is 0. The summed E-state index contributed by atoms with van der Waals surface area (Å²) < 4.78 is 11.6. The molecule has 6 nitrogen and oxygen atoms in total. The van der Waals surface area contributed by atoms with E-state index in [0.717, 1.165) is 76.5 Å². The van der Waals surface area contributed by atoms with Crippen LogP contribution in [-0.2, 0) is 16.0 Å². The van der Waals surface area contributed by atoms with Gasteiger partial charge in [0.2, 0.25) is 5.91 Å². The lowest BCUT2D eigenvalue weighted by molar-refractivity contribution is -0.135. The van der Waals surface area contributed by atoms with Crippen LogP contribution in [0.2, 0.25) is 0 Å². The van der Waals surface area contributed by atoms with Crippen LogP contribution in [-0.4, -0.2) is 92.3 Å². The minimum absolute atomic E-state index is 0.0131. The average Bonchev–Trinajstić information content (AvgIpc) is 3.12. The van der Waals surface area contributed by atoms with Crippen molar-refractivity contribution in [1.29, 1.82) is 0 Å². The molecule has 3 fully saturated rings. The first-order valence-corrected chi connectivity index (χ1v) is 10.5. The van der Waals surface area contributed by atoms with Gasteiger partial charge >= 0.3 is 0 Å². The fourth-order valence-electron chi connectivity index (χ4n) is 4.82. The minimum Gasteiger partial charge on any atom is -0.497 e. The second-order valence-electron chi connectivity index (χ2n) is 8.60. The second-order valence-corrected chi connectivity index (χ2v) is 8.60. The van der Waals surface area contributed by atoms with E-state index in [1.807, 2.05) is 29.2 Å². The van der Waals surface area contributed by atoms with Gasteiger partial charge in [0.05, 0.1) is 25.7 Å². The van der Waals surface area contributed by atoms with Crippen molar-refractivity contribution < 1.29 is 14.3 Å². The Balaban J connectivity index is 1.28. The summed E-state index contributed by atoms with van der Waals surface area (Å²) in [5.41, 5.74) is 0.998. The summed E-state index contributed by atoms with van der Waals surface area (Å²) in [6, 6.07) is 8.34. The molecule has 0 bridgehead atoms. The molecule has 28 heavy (non-hydrogen) atoms. The topological polar surface area (TPSA) is 45.2 Å². The maximum atomic E-state index is 12.7. The molecule has 0 saturated carbocycles. The highest BCUT2D eigenvalue weighted by Gasteiger charge is 2.45. The molecule has 1 aromatic rings. The zero-order valence-corrected chi connectivity index (χ0v) is 17.2. The van der Waals surface area contributed by atoms with Crippen molar-refractivity contribution in [3.05, 3.63) is 29.8 Å². The molecule has 0 unspecified atom stereocenters. The molecule has 0 radical (unpaired) electrons. The number of piperidine rings is 1. The average molecular weight is 388 g/mol. The van der Waals surface area contributed by atoms with E-state index >= 15 is 0 Å². The van der Waals surface area contributed by atoms with Crippen LogP contribution in [0.1, 0.15) is 24.8 Å². The van der Waals surface area contributed by atoms with E-state index in [0.29, 0.717) is 12.5 Å². The van der Waals surface area contributed by atoms with Gasteiger partial charge < -0.3 is 19.3 Å². The van der Waals surface area contributed by atoms with Crippen molar-refractivity contribution in [2.45, 2.75) is 37.3 Å². The maximum absolute atomic E-state index is 12.7. The van der Waals surface area contributed by atoms with Gasteiger partial charge in [-0.1, -0.05) is 12.1 Å². The number of likely N-dealkylation sites (N-methyl/N-ethyl adjacent to an activating group) is 1. The van der Waals surface area contributed by atoms with Crippen molar-refractivity contribution in [2.75, 3.05) is 60.0 Å². The standard InChI is InChI=1S/C22H33N3O3/c1-23-10-12-24(13-11-23)19-16-22(28-17-19)6-8-25(9-7-22)21(26)15-18-4-3-5-20(14-18)27-2/h3-5,14,19H,6-13,15-17H2,1-2H3/t19-/m0/s1. The number of likely N-dealkylation sites (tertiary alicyclic amines) is 1. The number of nitrogens with zero attached hydrogens (tertiary/aromatic N) is 3. The third-order valence-electron chi connectivity index (χ3n) is 6.76. The van der Waals surface area contributed by atoms with Gasteiger partial charge in [-0.25, -0.2) is 0 Å². The second kappa shape index (κ2) is 8.39. The molecule has 1 atom stereocenters. The molecule has 3 saturated heterocycles. The largest absolute Gasteiger partial charge is 0.497 e. The first-order chi connectivity index (χ1) is 13.6. The van der Waals surface area contributed by atoms with Gasteiger partial charge in [0.25, 0.3) is 0 Å². The predicted octanol–water partition coefficient (Wildman–Crippen LogP) is 1.64. The highest BCUT2D eigenvalue weighted by atomic mass is 16.5. The van der Waals surface area contributed by atoms with Gasteiger partial charge in [-0.05, 0) is 44.0 Å². The lowest BCUT2D eigenvalue weighted by Crippen LogP contribution is -2.50. The number of carbonyl (C=O) groups is 1. The van der Waals surface area contributed by atoms with E-state index in [1.54, 1.807) is 7.11 Å². The van der Waals surface area contributed by atoms with Crippen LogP contribution in [0.25, 0.3) is 0 Å². The summed E-state index contributed by atoms with van der Waals surface area (Å²) in [6.45, 7) is 7.04. The SMILES string of the molecule is COc1cccc(CC(=O)N2CCC3(CC2)C[C@H](N2CCN(C)CC2)CO3)c1. The van der Waals surface area contributed by atoms with Crippen LogP contribution in [0.4, 0.5) is 0 Å². The molecule has 3 aliphatic rings. The van der Waals surface area contributed by atoms with E-state index in [2.05, 4.69) is 16.8 Å². The van der Waals surface area contributed by atoms with E-state index < -0.39 is 0 Å². The van der Waals surface area contributed by atoms with E-state index in [-0.39, 0.29) is 11.5 Å². The number of amides is 1. The number of piperazine rings is 1. The van der Waals surface area contributed by atoms with Crippen LogP contribution in [0.3, 0.4) is 0 Å². The molecule has 0 N–H and O–H groups in total. The summed E-state index contributed by atoms with van der Waals surface area (Å²) in [5.74, 6) is 1.01. The van der Waals surface area contributed by atoms with Gasteiger partial charge in [-0.3, -0.25) is 9.69 Å². The van der Waals surface area contributed by atoms with Gasteiger partial charge in [0.15, 0.2) is 0 Å². The van der Waals surface area contributed by atoms with Crippen molar-refractivity contribution >= 4 is 5.91 Å². The quantitative estimate of drug-likeness (QED) is 0.786. The Bertz CT molecular complexity index is 679. The monoisotopic (exact) mass is 387 g/mol. The summed E-state index contributed by atoms with van der Waals surface area (Å²) in [6.07, 6.45) is 3.48. The van der Waals surface area contributed by atoms with E-state index in [4.69, 9.17) is 9.47 Å². The third kappa shape index (κ3) is 4.34. The molecule has 1 amide bonds. The lowest BCUT2D eigenvalue weighted by Gasteiger charge is -2.40. The predicted molar refractivity (Wildman–Crippen MR) is 109 cm³/mol. The number of hydrogen-bond donors (Lipinski definition) is 0. The van der Waals surface area contributed by atoms with Crippen molar-refractivity contribution in [3.8, 4) is 5.75 Å². The summed E-state index contributed by atoms with van der Waals surface area (Å²) in [5, 5.41) is 0. The molecule has 0 aromatic heterocycles. The molecule has 3 aliphatic heterocycles. The fraction of sp³-hybridized carbons (Fsp3) is 0.682. The van der Waals surface area contributed by atoms with Gasteiger partial charge in [0.1, 0.15) is 5.75 Å². The highest BCUT2D eigenvalue weighted by molar-refractivity contribution is 5.79. The number of hydrogen-bond acceptors (Lipinski definition) is 5. The van der Waals surface area contributed by atoms with Gasteiger partial charge in [-0.2, -0.15) is 0 Å². The van der Waals surface area contributed by atoms with E-state index in [9.17, 15) is 4.79 Å². The van der Waals surface area contributed by atoms with Crippen LogP contribution >= 0.6 is 0 Å². The lowest BCUT2D eigenvalue weighted by atomic mass is 9.86. The number of benzene rings is 1. The molecule has 6 heteroatoms. The Kier molecular flexibility index (Phi) is 5.90. The maximum Gasteiger partial charge on any atom is 0.226 e. The number of methoxy groups -OCH3 is 1. The Hall–Kier alpha value is -1.63. The molecule has 4 rings (SSSR count). The normalized spacial score (nSPS) is 25.9. The van der Waals surface area contributed by atoms with Crippen molar-refractivity contribution in [1.82, 2.24) is 14.7 Å². The Morgan fingerprint density at radius 3 is 2.64 bits per heavy atom. The first kappa shape index (κ1) is 19.7. The van der Waals surface area contributed by atoms with Crippen LogP contribution in [0, 0.1) is 0 Å². The number of ether oxygens (including phenoxy) is 2. The summed E-state index contributed by atoms with van der Waals surface area (Å²) in [4.78, 5) is 19.8. The molecule has 0 aliphatic carbocycles. The number of carbonyl (C=O) groups excluding carboxylic acids is 1. The zero-order chi connectivity index (χ0) is 19.6. The van der Waals surface area contributed by atoms with E-state index in [1.165, 1.54) is 0 Å². The Morgan fingerprint density at radius 2 is 1.93 bits per heavy atom. The number of rotatable bonds is 4.